The van der Waals surface area contributed by atoms with E-state index in [4.69, 9.17) is 9.47 Å². The molecule has 1 fully saturated rings. The van der Waals surface area contributed by atoms with Gasteiger partial charge in [-0.25, -0.2) is 8.78 Å². The van der Waals surface area contributed by atoms with E-state index in [-0.39, 0.29) is 43.6 Å². The summed E-state index contributed by atoms with van der Waals surface area (Å²) in [5, 5.41) is 16.8. The smallest absolute Gasteiger partial charge is 0.308 e. The lowest BCUT2D eigenvalue weighted by Crippen LogP contribution is -2.51. The van der Waals surface area contributed by atoms with Gasteiger partial charge in [0.1, 0.15) is 24.6 Å². The SMILES string of the molecule is CC(C)(C)OC(=O)C[C@H](NC(=O)C1CCN(C(=O)c2ccon2)CC1)C(O)COc1c(F)c(F)cc(F)c1F. The summed E-state index contributed by atoms with van der Waals surface area (Å²) >= 11 is 0. The Morgan fingerprint density at radius 3 is 2.31 bits per heavy atom. The second-order valence-electron chi connectivity index (χ2n) is 10.0. The number of likely N-dealkylation sites (tertiary alicyclic amines) is 1. The topological polar surface area (TPSA) is 131 Å². The molecule has 2 amide bonds. The number of nitrogens with zero attached hydrogens (tertiary/aromatic N) is 2. The van der Waals surface area contributed by atoms with E-state index in [9.17, 15) is 37.1 Å². The number of carbonyl (C=O) groups excluding carboxylic acids is 3. The van der Waals surface area contributed by atoms with E-state index >= 15 is 0 Å². The van der Waals surface area contributed by atoms with E-state index in [1.807, 2.05) is 0 Å². The number of halogens is 4. The zero-order valence-corrected chi connectivity index (χ0v) is 21.5. The number of aliphatic hydroxyl groups is 1. The zero-order valence-electron chi connectivity index (χ0n) is 21.5. The van der Waals surface area contributed by atoms with Crippen LogP contribution in [0.5, 0.6) is 5.75 Å². The molecular weight excluding hydrogens is 530 g/mol. The molecule has 14 heteroatoms. The molecule has 2 heterocycles. The number of aromatic nitrogens is 1. The molecule has 39 heavy (non-hydrogen) atoms. The van der Waals surface area contributed by atoms with E-state index in [1.54, 1.807) is 20.8 Å². The minimum absolute atomic E-state index is 0.00402. The van der Waals surface area contributed by atoms with Crippen LogP contribution in [0.4, 0.5) is 17.6 Å². The number of aliphatic hydroxyl groups excluding tert-OH is 1. The molecular formula is C25H29F4N3O7. The van der Waals surface area contributed by atoms with E-state index in [0.717, 1.165) is 0 Å². The number of esters is 1. The minimum Gasteiger partial charge on any atom is -0.485 e. The van der Waals surface area contributed by atoms with Crippen molar-refractivity contribution in [2.45, 2.75) is 57.8 Å². The Balaban J connectivity index is 1.66. The molecule has 1 aliphatic heterocycles. The Morgan fingerprint density at radius 2 is 1.77 bits per heavy atom. The summed E-state index contributed by atoms with van der Waals surface area (Å²) in [7, 11) is 0. The molecule has 0 aliphatic carbocycles. The molecule has 1 unspecified atom stereocenters. The molecule has 0 spiro atoms. The summed E-state index contributed by atoms with van der Waals surface area (Å²) in [5.41, 5.74) is -0.758. The third kappa shape index (κ3) is 7.91. The highest BCUT2D eigenvalue weighted by Crippen LogP contribution is 2.27. The van der Waals surface area contributed by atoms with E-state index in [1.165, 1.54) is 17.2 Å². The van der Waals surface area contributed by atoms with Crippen LogP contribution in [-0.4, -0.2) is 70.4 Å². The number of ether oxygens (including phenoxy) is 2. The van der Waals surface area contributed by atoms with Crippen LogP contribution in [0.1, 0.15) is 50.5 Å². The van der Waals surface area contributed by atoms with Crippen LogP contribution >= 0.6 is 0 Å². The van der Waals surface area contributed by atoms with Crippen LogP contribution < -0.4 is 10.1 Å². The van der Waals surface area contributed by atoms with Crippen molar-refractivity contribution in [3.63, 3.8) is 0 Å². The van der Waals surface area contributed by atoms with Gasteiger partial charge >= 0.3 is 5.97 Å². The van der Waals surface area contributed by atoms with E-state index in [0.29, 0.717) is 0 Å². The Morgan fingerprint density at radius 1 is 1.15 bits per heavy atom. The van der Waals surface area contributed by atoms with Crippen molar-refractivity contribution in [1.82, 2.24) is 15.4 Å². The molecule has 2 atom stereocenters. The summed E-state index contributed by atoms with van der Waals surface area (Å²) in [4.78, 5) is 39.3. The number of carbonyl (C=O) groups is 3. The van der Waals surface area contributed by atoms with Crippen molar-refractivity contribution in [2.24, 2.45) is 5.92 Å². The second kappa shape index (κ2) is 12.5. The van der Waals surface area contributed by atoms with Gasteiger partial charge in [-0.1, -0.05) is 5.16 Å². The lowest BCUT2D eigenvalue weighted by Gasteiger charge is -2.32. The predicted molar refractivity (Wildman–Crippen MR) is 125 cm³/mol. The number of piperidine rings is 1. The molecule has 1 aromatic carbocycles. The van der Waals surface area contributed by atoms with Crippen molar-refractivity contribution in [3.05, 3.63) is 47.4 Å². The Hall–Kier alpha value is -3.68. The van der Waals surface area contributed by atoms with Crippen molar-refractivity contribution >= 4 is 17.8 Å². The van der Waals surface area contributed by atoms with Gasteiger partial charge in [-0.15, -0.1) is 0 Å². The molecule has 214 valence electrons. The minimum atomic E-state index is -1.80. The summed E-state index contributed by atoms with van der Waals surface area (Å²) in [5.74, 6) is -10.7. The molecule has 0 radical (unpaired) electrons. The predicted octanol–water partition coefficient (Wildman–Crippen LogP) is 2.74. The Bertz CT molecular complexity index is 1150. The van der Waals surface area contributed by atoms with Gasteiger partial charge in [0, 0.05) is 31.1 Å². The van der Waals surface area contributed by atoms with Crippen LogP contribution in [0.2, 0.25) is 0 Å². The molecule has 1 saturated heterocycles. The van der Waals surface area contributed by atoms with Gasteiger partial charge in [0.2, 0.25) is 17.5 Å². The number of rotatable bonds is 9. The first-order valence-electron chi connectivity index (χ1n) is 12.1. The standard InChI is InChI=1S/C25H29F4N3O7/c1-25(2,3)39-19(34)11-17(18(33)12-37-22-20(28)14(26)10-15(27)21(22)29)30-23(35)13-4-7-32(8-5-13)24(36)16-6-9-38-31-16/h6,9-10,13,17-18,33H,4-5,7-8,11-12H2,1-3H3,(H,30,35)/t17-,18?/m0/s1. The molecule has 10 nitrogen and oxygen atoms in total. The number of benzene rings is 1. The molecule has 2 N–H and O–H groups in total. The third-order valence-corrected chi connectivity index (χ3v) is 5.88. The van der Waals surface area contributed by atoms with Crippen molar-refractivity contribution < 1.29 is 51.0 Å². The van der Waals surface area contributed by atoms with Crippen molar-refractivity contribution in [1.29, 1.82) is 0 Å². The lowest BCUT2D eigenvalue weighted by molar-refractivity contribution is -0.156. The van der Waals surface area contributed by atoms with Crippen LogP contribution in [0.3, 0.4) is 0 Å². The zero-order chi connectivity index (χ0) is 28.9. The van der Waals surface area contributed by atoms with Crippen molar-refractivity contribution in [3.8, 4) is 5.75 Å². The van der Waals surface area contributed by atoms with Crippen LogP contribution in [0.15, 0.2) is 22.9 Å². The molecule has 0 saturated carbocycles. The molecule has 2 aromatic rings. The maximum atomic E-state index is 14.0. The number of hydrogen-bond acceptors (Lipinski definition) is 8. The third-order valence-electron chi connectivity index (χ3n) is 5.88. The van der Waals surface area contributed by atoms with Crippen LogP contribution in [0.25, 0.3) is 0 Å². The Kier molecular flexibility index (Phi) is 9.54. The highest BCUT2D eigenvalue weighted by atomic mass is 19.2. The van der Waals surface area contributed by atoms with Crippen molar-refractivity contribution in [2.75, 3.05) is 19.7 Å². The van der Waals surface area contributed by atoms with E-state index < -0.39 is 77.6 Å². The first-order chi connectivity index (χ1) is 18.3. The summed E-state index contributed by atoms with van der Waals surface area (Å²) in [6, 6.07) is 0.0814. The van der Waals surface area contributed by atoms with Crippen LogP contribution in [-0.2, 0) is 14.3 Å². The average molecular weight is 560 g/mol. The summed E-state index contributed by atoms with van der Waals surface area (Å²) < 4.78 is 69.6. The highest BCUT2D eigenvalue weighted by molar-refractivity contribution is 5.92. The number of amides is 2. The molecule has 3 rings (SSSR count). The van der Waals surface area contributed by atoms with Gasteiger partial charge < -0.3 is 29.3 Å². The van der Waals surface area contributed by atoms with Gasteiger partial charge in [-0.2, -0.15) is 8.78 Å². The highest BCUT2D eigenvalue weighted by Gasteiger charge is 2.33. The van der Waals surface area contributed by atoms with Crippen LogP contribution in [0, 0.1) is 29.2 Å². The second-order valence-corrected chi connectivity index (χ2v) is 10.0. The first-order valence-corrected chi connectivity index (χ1v) is 12.1. The summed E-state index contributed by atoms with van der Waals surface area (Å²) in [6.45, 7) is 4.36. The largest absolute Gasteiger partial charge is 0.485 e. The van der Waals surface area contributed by atoms with Gasteiger partial charge in [-0.3, -0.25) is 14.4 Å². The fourth-order valence-electron chi connectivity index (χ4n) is 3.94. The maximum Gasteiger partial charge on any atom is 0.308 e. The van der Waals surface area contributed by atoms with Gasteiger partial charge in [0.05, 0.1) is 12.5 Å². The fourth-order valence-corrected chi connectivity index (χ4v) is 3.94. The quantitative estimate of drug-likeness (QED) is 0.273. The number of hydrogen-bond donors (Lipinski definition) is 2. The number of nitrogens with one attached hydrogen (secondary N) is 1. The van der Waals surface area contributed by atoms with E-state index in [2.05, 4.69) is 15.0 Å². The van der Waals surface area contributed by atoms with Gasteiger partial charge in [-0.05, 0) is 33.6 Å². The molecule has 1 aliphatic rings. The first kappa shape index (κ1) is 29.9. The Labute approximate surface area is 221 Å². The molecule has 1 aromatic heterocycles. The maximum absolute atomic E-state index is 14.0. The van der Waals surface area contributed by atoms with Gasteiger partial charge in [0.15, 0.2) is 23.1 Å². The van der Waals surface area contributed by atoms with Gasteiger partial charge in [0.25, 0.3) is 5.91 Å². The lowest BCUT2D eigenvalue weighted by atomic mass is 9.94. The summed E-state index contributed by atoms with van der Waals surface area (Å²) in [6.07, 6.45) is -0.485. The monoisotopic (exact) mass is 559 g/mol. The average Bonchev–Trinajstić information content (AvgIpc) is 3.40. The fraction of sp³-hybridized carbons (Fsp3) is 0.520. The normalized spacial score (nSPS) is 15.9. The molecule has 0 bridgehead atoms.